The van der Waals surface area contributed by atoms with Gasteiger partial charge < -0.3 is 9.64 Å². The van der Waals surface area contributed by atoms with Crippen LogP contribution in [-0.2, 0) is 10.6 Å². The molecular weight excluding hydrogens is 226 g/mol. The molecule has 0 bridgehead atoms. The second-order valence-corrected chi connectivity index (χ2v) is 4.41. The molecule has 4 nitrogen and oxygen atoms in total. The number of aromatic nitrogens is 2. The summed E-state index contributed by atoms with van der Waals surface area (Å²) in [4.78, 5) is 10.9. The van der Waals surface area contributed by atoms with Crippen LogP contribution < -0.4 is 4.90 Å². The predicted molar refractivity (Wildman–Crippen MR) is 63.8 cm³/mol. The summed E-state index contributed by atoms with van der Waals surface area (Å²) in [6.07, 6.45) is 3.72. The van der Waals surface area contributed by atoms with E-state index in [0.717, 1.165) is 24.7 Å². The molecule has 2 heterocycles. The highest BCUT2D eigenvalue weighted by atomic mass is 35.5. The largest absolute Gasteiger partial charge is 0.375 e. The number of anilines is 1. The van der Waals surface area contributed by atoms with Gasteiger partial charge >= 0.3 is 0 Å². The lowest BCUT2D eigenvalue weighted by atomic mass is 10.2. The fraction of sp³-hybridized carbons (Fsp3) is 0.636. The summed E-state index contributed by atoms with van der Waals surface area (Å²) < 4.78 is 5.58. The molecule has 2 atom stereocenters. The third-order valence-corrected chi connectivity index (χ3v) is 2.98. The quantitative estimate of drug-likeness (QED) is 0.741. The predicted octanol–water partition coefficient (Wildman–Crippen LogP) is 1.83. The molecule has 1 aliphatic heterocycles. The van der Waals surface area contributed by atoms with E-state index >= 15 is 0 Å². The summed E-state index contributed by atoms with van der Waals surface area (Å²) in [7, 11) is 0. The Balaban J connectivity index is 2.20. The molecule has 0 radical (unpaired) electrons. The molecule has 1 aliphatic rings. The number of alkyl halides is 1. The number of nitrogens with zero attached hydrogens (tertiary/aromatic N) is 3. The number of hydrogen-bond acceptors (Lipinski definition) is 4. The maximum atomic E-state index is 5.76. The zero-order valence-electron chi connectivity index (χ0n) is 9.56. The van der Waals surface area contributed by atoms with E-state index in [2.05, 4.69) is 28.7 Å². The van der Waals surface area contributed by atoms with Crippen LogP contribution >= 0.6 is 11.6 Å². The van der Waals surface area contributed by atoms with Crippen LogP contribution in [0.1, 0.15) is 19.5 Å². The first kappa shape index (κ1) is 11.6. The van der Waals surface area contributed by atoms with Crippen LogP contribution in [0, 0.1) is 0 Å². The minimum atomic E-state index is 0.234. The van der Waals surface area contributed by atoms with Crippen molar-refractivity contribution in [1.82, 2.24) is 9.97 Å². The Morgan fingerprint density at radius 3 is 3.06 bits per heavy atom. The number of hydrogen-bond donors (Lipinski definition) is 0. The van der Waals surface area contributed by atoms with E-state index in [0.29, 0.717) is 11.9 Å². The fourth-order valence-electron chi connectivity index (χ4n) is 1.82. The zero-order chi connectivity index (χ0) is 11.5. The average molecular weight is 242 g/mol. The smallest absolute Gasteiger partial charge is 0.147 e. The van der Waals surface area contributed by atoms with Crippen LogP contribution in [0.15, 0.2) is 12.4 Å². The lowest BCUT2D eigenvalue weighted by molar-refractivity contribution is 0.0340. The van der Waals surface area contributed by atoms with Crippen molar-refractivity contribution in [1.29, 1.82) is 0 Å². The van der Waals surface area contributed by atoms with E-state index in [9.17, 15) is 0 Å². The number of ether oxygens (including phenoxy) is 1. The Bertz CT molecular complexity index is 361. The van der Waals surface area contributed by atoms with Crippen molar-refractivity contribution in [2.75, 3.05) is 18.1 Å². The van der Waals surface area contributed by atoms with Gasteiger partial charge in [0.15, 0.2) is 0 Å². The van der Waals surface area contributed by atoms with Crippen LogP contribution in [0.25, 0.3) is 0 Å². The van der Waals surface area contributed by atoms with E-state index < -0.39 is 0 Å². The number of halogens is 1. The maximum absolute atomic E-state index is 5.76. The zero-order valence-corrected chi connectivity index (χ0v) is 10.3. The lowest BCUT2D eigenvalue weighted by Gasteiger charge is -2.37. The molecule has 0 aliphatic carbocycles. The maximum Gasteiger partial charge on any atom is 0.147 e. The Kier molecular flexibility index (Phi) is 3.61. The first-order valence-electron chi connectivity index (χ1n) is 5.46. The standard InChI is InChI=1S/C11H16ClN3O/c1-8-7-16-9(2)6-15(8)11-5-13-4-10(3-12)14-11/h4-5,8-9H,3,6-7H2,1-2H3. The molecule has 0 saturated carbocycles. The van der Waals surface area contributed by atoms with Crippen molar-refractivity contribution in [3.8, 4) is 0 Å². The molecular formula is C11H16ClN3O. The molecule has 1 fully saturated rings. The lowest BCUT2D eigenvalue weighted by Crippen LogP contribution is -2.47. The van der Waals surface area contributed by atoms with Gasteiger partial charge in [0.2, 0.25) is 0 Å². The van der Waals surface area contributed by atoms with Crippen molar-refractivity contribution in [3.05, 3.63) is 18.1 Å². The van der Waals surface area contributed by atoms with Gasteiger partial charge in [0.05, 0.1) is 36.5 Å². The molecule has 0 aromatic carbocycles. The second-order valence-electron chi connectivity index (χ2n) is 4.15. The summed E-state index contributed by atoms with van der Waals surface area (Å²) >= 11 is 5.76. The Labute approximate surface area is 101 Å². The van der Waals surface area contributed by atoms with Gasteiger partial charge in [0.1, 0.15) is 5.82 Å². The van der Waals surface area contributed by atoms with E-state index in [1.54, 1.807) is 12.4 Å². The van der Waals surface area contributed by atoms with E-state index in [-0.39, 0.29) is 6.10 Å². The van der Waals surface area contributed by atoms with Crippen LogP contribution in [0.4, 0.5) is 5.82 Å². The molecule has 1 aromatic heterocycles. The molecule has 5 heteroatoms. The van der Waals surface area contributed by atoms with Gasteiger partial charge in [0, 0.05) is 12.7 Å². The molecule has 2 rings (SSSR count). The summed E-state index contributed by atoms with van der Waals surface area (Å²) in [5, 5.41) is 0. The van der Waals surface area contributed by atoms with E-state index in [1.165, 1.54) is 0 Å². The van der Waals surface area contributed by atoms with Crippen LogP contribution in [0.5, 0.6) is 0 Å². The third-order valence-electron chi connectivity index (χ3n) is 2.71. The van der Waals surface area contributed by atoms with Gasteiger partial charge in [-0.3, -0.25) is 4.98 Å². The van der Waals surface area contributed by atoms with Crippen molar-refractivity contribution in [3.63, 3.8) is 0 Å². The van der Waals surface area contributed by atoms with Crippen LogP contribution in [-0.4, -0.2) is 35.3 Å². The van der Waals surface area contributed by atoms with Gasteiger partial charge in [-0.1, -0.05) is 0 Å². The van der Waals surface area contributed by atoms with E-state index in [4.69, 9.17) is 16.3 Å². The number of morpholine rings is 1. The first-order valence-corrected chi connectivity index (χ1v) is 5.99. The molecule has 2 unspecified atom stereocenters. The van der Waals surface area contributed by atoms with Crippen molar-refractivity contribution in [2.45, 2.75) is 31.9 Å². The Morgan fingerprint density at radius 2 is 2.31 bits per heavy atom. The van der Waals surface area contributed by atoms with Gasteiger partial charge in [-0.25, -0.2) is 4.98 Å². The SMILES string of the molecule is CC1CN(c2cncc(CCl)n2)C(C)CO1. The van der Waals surface area contributed by atoms with Crippen molar-refractivity contribution < 1.29 is 4.74 Å². The minimum Gasteiger partial charge on any atom is -0.375 e. The molecule has 88 valence electrons. The Hall–Kier alpha value is -0.870. The fourth-order valence-corrected chi connectivity index (χ4v) is 1.95. The summed E-state index contributed by atoms with van der Waals surface area (Å²) in [6, 6.07) is 0.330. The first-order chi connectivity index (χ1) is 7.70. The molecule has 0 N–H and O–H groups in total. The topological polar surface area (TPSA) is 38.2 Å². The highest BCUT2D eigenvalue weighted by Crippen LogP contribution is 2.19. The minimum absolute atomic E-state index is 0.234. The van der Waals surface area contributed by atoms with Gasteiger partial charge in [0.25, 0.3) is 0 Å². The van der Waals surface area contributed by atoms with Gasteiger partial charge in [-0.2, -0.15) is 0 Å². The molecule has 0 spiro atoms. The van der Waals surface area contributed by atoms with Gasteiger partial charge in [-0.05, 0) is 13.8 Å². The van der Waals surface area contributed by atoms with Gasteiger partial charge in [-0.15, -0.1) is 11.6 Å². The summed E-state index contributed by atoms with van der Waals surface area (Å²) in [5.74, 6) is 1.29. The monoisotopic (exact) mass is 241 g/mol. The highest BCUT2D eigenvalue weighted by Gasteiger charge is 2.24. The Morgan fingerprint density at radius 1 is 1.50 bits per heavy atom. The molecule has 16 heavy (non-hydrogen) atoms. The van der Waals surface area contributed by atoms with E-state index in [1.807, 2.05) is 0 Å². The molecule has 1 aromatic rings. The highest BCUT2D eigenvalue weighted by molar-refractivity contribution is 6.16. The summed E-state index contributed by atoms with van der Waals surface area (Å²) in [5.41, 5.74) is 0.811. The normalized spacial score (nSPS) is 25.8. The van der Waals surface area contributed by atoms with Crippen LogP contribution in [0.2, 0.25) is 0 Å². The van der Waals surface area contributed by atoms with Crippen LogP contribution in [0.3, 0.4) is 0 Å². The second kappa shape index (κ2) is 4.97. The van der Waals surface area contributed by atoms with Crippen molar-refractivity contribution in [2.24, 2.45) is 0 Å². The average Bonchev–Trinajstić information content (AvgIpc) is 2.32. The summed E-state index contributed by atoms with van der Waals surface area (Å²) in [6.45, 7) is 5.77. The van der Waals surface area contributed by atoms with Crippen molar-refractivity contribution >= 4 is 17.4 Å². The molecule has 1 saturated heterocycles. The molecule has 0 amide bonds. The number of rotatable bonds is 2. The third kappa shape index (κ3) is 2.44.